The first kappa shape index (κ1) is 44.0. The first-order valence-corrected chi connectivity index (χ1v) is 22.6. The highest BCUT2D eigenvalue weighted by molar-refractivity contribution is 6.30. The number of carbonyl (C=O) groups is 3. The molecule has 9 atom stereocenters. The van der Waals surface area contributed by atoms with Crippen LogP contribution in [0.15, 0.2) is 47.6 Å². The highest BCUT2D eigenvalue weighted by Crippen LogP contribution is 2.77. The van der Waals surface area contributed by atoms with E-state index in [1.807, 2.05) is 58.0 Å². The van der Waals surface area contributed by atoms with Gasteiger partial charge in [0.15, 0.2) is 0 Å². The molecule has 6 nitrogen and oxygen atoms in total. The highest BCUT2D eigenvalue weighted by Gasteiger charge is 2.69. The van der Waals surface area contributed by atoms with Gasteiger partial charge in [0.05, 0.1) is 17.9 Å². The largest absolute Gasteiger partial charge is 0.462 e. The molecule has 0 aromatic heterocycles. The van der Waals surface area contributed by atoms with Crippen LogP contribution in [-0.2, 0) is 23.9 Å². The van der Waals surface area contributed by atoms with Crippen molar-refractivity contribution in [3.8, 4) is 0 Å². The van der Waals surface area contributed by atoms with Crippen molar-refractivity contribution in [3.63, 3.8) is 0 Å². The Morgan fingerprint density at radius 1 is 0.877 bits per heavy atom. The van der Waals surface area contributed by atoms with E-state index in [9.17, 15) is 14.4 Å². The minimum absolute atomic E-state index is 0.00850. The van der Waals surface area contributed by atoms with Gasteiger partial charge in [-0.3, -0.25) is 14.4 Å². The number of nitrogens with one attached hydrogen (secondary N) is 1. The molecular formula is C50H74ClNO5. The van der Waals surface area contributed by atoms with Crippen LogP contribution in [0.25, 0.3) is 0 Å². The molecule has 4 saturated carbocycles. The summed E-state index contributed by atoms with van der Waals surface area (Å²) in [6, 6.07) is 7.60. The Bertz CT molecular complexity index is 1800. The van der Waals surface area contributed by atoms with Gasteiger partial charge in [0.25, 0.3) is 0 Å². The summed E-state index contributed by atoms with van der Waals surface area (Å²) in [5.74, 6) is 1.29. The molecule has 1 aromatic carbocycles. The zero-order chi connectivity index (χ0) is 42.1. The number of esters is 2. The summed E-state index contributed by atoms with van der Waals surface area (Å²) in [6.45, 7) is 28.5. The van der Waals surface area contributed by atoms with E-state index >= 15 is 0 Å². The van der Waals surface area contributed by atoms with E-state index in [4.69, 9.17) is 21.1 Å². The molecule has 1 amide bonds. The van der Waals surface area contributed by atoms with Gasteiger partial charge >= 0.3 is 11.9 Å². The molecule has 5 aliphatic rings. The number of ether oxygens (including phenoxy) is 2. The zero-order valence-corrected chi connectivity index (χ0v) is 38.4. The maximum Gasteiger partial charge on any atom is 0.312 e. The fraction of sp³-hybridized carbons (Fsp3) is 0.740. The minimum atomic E-state index is -0.960. The van der Waals surface area contributed by atoms with Crippen LogP contribution in [0.2, 0.25) is 5.02 Å². The summed E-state index contributed by atoms with van der Waals surface area (Å²) in [6.07, 6.45) is 15.1. The molecule has 0 unspecified atom stereocenters. The molecule has 7 heteroatoms. The Kier molecular flexibility index (Phi) is 11.7. The molecule has 0 aliphatic heterocycles. The average molecular weight is 805 g/mol. The van der Waals surface area contributed by atoms with Crippen LogP contribution >= 0.6 is 11.6 Å². The molecule has 0 spiro atoms. The van der Waals surface area contributed by atoms with E-state index in [0.29, 0.717) is 28.7 Å². The van der Waals surface area contributed by atoms with Crippen LogP contribution in [0.3, 0.4) is 0 Å². The van der Waals surface area contributed by atoms with Gasteiger partial charge in [0, 0.05) is 15.9 Å². The molecule has 316 valence electrons. The summed E-state index contributed by atoms with van der Waals surface area (Å²) in [5, 5.41) is 3.88. The lowest BCUT2D eigenvalue weighted by molar-refractivity contribution is -0.232. The van der Waals surface area contributed by atoms with Gasteiger partial charge < -0.3 is 14.8 Å². The monoisotopic (exact) mass is 804 g/mol. The highest BCUT2D eigenvalue weighted by atomic mass is 35.5. The number of benzene rings is 1. The van der Waals surface area contributed by atoms with Crippen molar-refractivity contribution < 1.29 is 23.9 Å². The van der Waals surface area contributed by atoms with Crippen LogP contribution in [-0.4, -0.2) is 29.6 Å². The van der Waals surface area contributed by atoms with Gasteiger partial charge in [-0.15, -0.1) is 0 Å². The number of allylic oxidation sites excluding steroid dienone is 3. The molecular weight excluding hydrogens is 730 g/mol. The van der Waals surface area contributed by atoms with Crippen molar-refractivity contribution in [2.24, 2.45) is 56.2 Å². The maximum atomic E-state index is 13.5. The normalized spacial score (nSPS) is 35.5. The first-order valence-electron chi connectivity index (χ1n) is 22.2. The van der Waals surface area contributed by atoms with Crippen molar-refractivity contribution in [3.05, 3.63) is 58.1 Å². The predicted molar refractivity (Wildman–Crippen MR) is 230 cm³/mol. The van der Waals surface area contributed by atoms with Crippen molar-refractivity contribution in [2.75, 3.05) is 0 Å². The molecule has 4 fully saturated rings. The zero-order valence-electron chi connectivity index (χ0n) is 37.6. The Morgan fingerprint density at radius 3 is 2.23 bits per heavy atom. The molecule has 5 aliphatic carbocycles. The number of halogens is 1. The van der Waals surface area contributed by atoms with Crippen molar-refractivity contribution in [2.45, 2.75) is 178 Å². The smallest absolute Gasteiger partial charge is 0.312 e. The van der Waals surface area contributed by atoms with E-state index in [-0.39, 0.29) is 63.5 Å². The second-order valence-electron chi connectivity index (χ2n) is 22.4. The third kappa shape index (κ3) is 7.81. The fourth-order valence-corrected chi connectivity index (χ4v) is 13.8. The lowest BCUT2D eigenvalue weighted by atomic mass is 9.33. The Hall–Kier alpha value is -2.60. The standard InChI is InChI=1S/C50H74ClNO5/c1-31(2)35-19-25-50(26-22-40(53)52-32(3)33-15-14-16-34(51)29-33)28-27-48(12)36(42(35)50)17-18-38-47(11)23-21-39(46(9,10)37(47)20-24-49(38,48)13)56-41(54)30-45(7,8)43(55)57-44(4,5)6/h14-16,22,26,29,31-32,36-39H,17-21,23-25,27-28,30H2,1-13H3,(H,52,53)/b26-22+/t32-,36+,37-,38+,39-,47-,48+,49+,50-/m0/s1. The summed E-state index contributed by atoms with van der Waals surface area (Å²) < 4.78 is 12.0. The molecule has 0 saturated heterocycles. The van der Waals surface area contributed by atoms with Gasteiger partial charge in [-0.1, -0.05) is 89.4 Å². The number of rotatable bonds is 9. The van der Waals surface area contributed by atoms with E-state index in [1.54, 1.807) is 25.0 Å². The topological polar surface area (TPSA) is 81.7 Å². The van der Waals surface area contributed by atoms with E-state index in [2.05, 4.69) is 59.9 Å². The lowest BCUT2D eigenvalue weighted by Crippen LogP contribution is -2.65. The Labute approximate surface area is 350 Å². The summed E-state index contributed by atoms with van der Waals surface area (Å²) >= 11 is 6.26. The maximum absolute atomic E-state index is 13.5. The average Bonchev–Trinajstić information content (AvgIpc) is 3.48. The molecule has 6 rings (SSSR count). The van der Waals surface area contributed by atoms with Crippen LogP contribution in [0.4, 0.5) is 0 Å². The van der Waals surface area contributed by atoms with Gasteiger partial charge in [-0.05, 0) is 169 Å². The van der Waals surface area contributed by atoms with Gasteiger partial charge in [0.1, 0.15) is 11.7 Å². The predicted octanol–water partition coefficient (Wildman–Crippen LogP) is 12.5. The minimum Gasteiger partial charge on any atom is -0.462 e. The SMILES string of the molecule is CC(C)C1=C2[C@H]3CC[C@@H]4[C@@]5(C)CC[C@H](OC(=O)CC(C)(C)C(=O)OC(C)(C)C)C(C)(C)[C@@H]5CC[C@@]4(C)[C@]3(C)CC[C@@]2(/C=C/C(=O)N[C@@H](C)c2cccc(Cl)c2)CC1. The van der Waals surface area contributed by atoms with Crippen molar-refractivity contribution in [1.82, 2.24) is 5.32 Å². The molecule has 1 N–H and O–H groups in total. The number of hydrogen-bond acceptors (Lipinski definition) is 5. The third-order valence-electron chi connectivity index (χ3n) is 16.7. The van der Waals surface area contributed by atoms with Crippen LogP contribution in [0, 0.1) is 56.2 Å². The Balaban J connectivity index is 1.21. The van der Waals surface area contributed by atoms with E-state index in [0.717, 1.165) is 44.1 Å². The summed E-state index contributed by atoms with van der Waals surface area (Å²) in [4.78, 5) is 40.0. The van der Waals surface area contributed by atoms with Crippen LogP contribution in [0.1, 0.15) is 172 Å². The van der Waals surface area contributed by atoms with Gasteiger partial charge in [-0.25, -0.2) is 0 Å². The van der Waals surface area contributed by atoms with Gasteiger partial charge in [0.2, 0.25) is 5.91 Å². The number of fused-ring (bicyclic) bond motifs is 7. The van der Waals surface area contributed by atoms with E-state index < -0.39 is 11.0 Å². The fourth-order valence-electron chi connectivity index (χ4n) is 13.6. The third-order valence-corrected chi connectivity index (χ3v) is 17.0. The number of amides is 1. The van der Waals surface area contributed by atoms with Crippen molar-refractivity contribution >= 4 is 29.4 Å². The molecule has 57 heavy (non-hydrogen) atoms. The van der Waals surface area contributed by atoms with Gasteiger partial charge in [-0.2, -0.15) is 0 Å². The summed E-state index contributed by atoms with van der Waals surface area (Å²) in [7, 11) is 0. The Morgan fingerprint density at radius 2 is 1.58 bits per heavy atom. The second kappa shape index (κ2) is 15.1. The quantitative estimate of drug-likeness (QED) is 0.153. The van der Waals surface area contributed by atoms with Crippen LogP contribution in [0.5, 0.6) is 0 Å². The summed E-state index contributed by atoms with van der Waals surface area (Å²) in [5.41, 5.74) is 2.97. The number of carbonyl (C=O) groups excluding carboxylic acids is 3. The lowest BCUT2D eigenvalue weighted by Gasteiger charge is -2.72. The molecule has 1 aromatic rings. The first-order chi connectivity index (χ1) is 26.3. The molecule has 0 radical (unpaired) electrons. The number of hydrogen-bond donors (Lipinski definition) is 1. The second-order valence-corrected chi connectivity index (χ2v) is 22.8. The van der Waals surface area contributed by atoms with E-state index in [1.165, 1.54) is 25.7 Å². The molecule has 0 heterocycles. The molecule has 0 bridgehead atoms. The van der Waals surface area contributed by atoms with Crippen LogP contribution < -0.4 is 5.32 Å². The van der Waals surface area contributed by atoms with Crippen molar-refractivity contribution in [1.29, 1.82) is 0 Å².